The largest absolute Gasteiger partial charge is 0.351 e. The maximum atomic E-state index is 12.0. The van der Waals surface area contributed by atoms with Gasteiger partial charge in [0.1, 0.15) is 6.54 Å². The zero-order chi connectivity index (χ0) is 18.4. The molecule has 0 spiro atoms. The third kappa shape index (κ3) is 4.63. The Kier molecular flexibility index (Phi) is 5.18. The Hall–Kier alpha value is -3.75. The van der Waals surface area contributed by atoms with Crippen molar-refractivity contribution in [2.75, 3.05) is 5.32 Å². The highest BCUT2D eigenvalue weighted by Crippen LogP contribution is 2.12. The molecule has 1 heterocycles. The minimum atomic E-state index is -0.624. The van der Waals surface area contributed by atoms with E-state index in [0.29, 0.717) is 18.1 Å². The van der Waals surface area contributed by atoms with E-state index >= 15 is 0 Å². The second-order valence-electron chi connectivity index (χ2n) is 5.47. The molecular weight excluding hydrogens is 334 g/mol. The number of carbonyl (C=O) groups excluding carboxylic acids is 2. The predicted molar refractivity (Wildman–Crippen MR) is 94.7 cm³/mol. The van der Waals surface area contributed by atoms with Gasteiger partial charge in [-0.25, -0.2) is 4.79 Å². The summed E-state index contributed by atoms with van der Waals surface area (Å²) in [6, 6.07) is 15.8. The minimum Gasteiger partial charge on any atom is -0.351 e. The van der Waals surface area contributed by atoms with Gasteiger partial charge < -0.3 is 16.4 Å². The van der Waals surface area contributed by atoms with E-state index in [1.165, 1.54) is 4.80 Å². The quantitative estimate of drug-likeness (QED) is 0.614. The number of tetrazole rings is 1. The van der Waals surface area contributed by atoms with Gasteiger partial charge in [0.05, 0.1) is 0 Å². The number of hydrogen-bond acceptors (Lipinski definition) is 5. The number of carbonyl (C=O) groups is 2. The molecule has 0 radical (unpaired) electrons. The highest BCUT2D eigenvalue weighted by atomic mass is 16.2. The van der Waals surface area contributed by atoms with Crippen molar-refractivity contribution in [2.45, 2.75) is 13.1 Å². The van der Waals surface area contributed by atoms with E-state index in [4.69, 9.17) is 5.73 Å². The lowest BCUT2D eigenvalue weighted by Crippen LogP contribution is -2.28. The molecule has 1 aromatic heterocycles. The van der Waals surface area contributed by atoms with Crippen LogP contribution in [-0.4, -0.2) is 32.1 Å². The third-order valence-corrected chi connectivity index (χ3v) is 3.48. The number of urea groups is 1. The molecule has 9 nitrogen and oxygen atoms in total. The zero-order valence-corrected chi connectivity index (χ0v) is 13.8. The van der Waals surface area contributed by atoms with E-state index in [2.05, 4.69) is 26.0 Å². The summed E-state index contributed by atoms with van der Waals surface area (Å²) >= 11 is 0. The molecule has 0 saturated heterocycles. The predicted octanol–water partition coefficient (Wildman–Crippen LogP) is 1.15. The molecule has 0 fully saturated rings. The van der Waals surface area contributed by atoms with Gasteiger partial charge in [-0.1, -0.05) is 42.5 Å². The number of nitrogens with two attached hydrogens (primary N) is 1. The van der Waals surface area contributed by atoms with Gasteiger partial charge in [0.2, 0.25) is 11.7 Å². The van der Waals surface area contributed by atoms with Crippen molar-refractivity contribution < 1.29 is 9.59 Å². The monoisotopic (exact) mass is 351 g/mol. The highest BCUT2D eigenvalue weighted by molar-refractivity contribution is 5.87. The van der Waals surface area contributed by atoms with E-state index in [1.807, 2.05) is 30.3 Å². The maximum Gasteiger partial charge on any atom is 0.316 e. The summed E-state index contributed by atoms with van der Waals surface area (Å²) in [5.74, 6) is 0.234. The average Bonchev–Trinajstić information content (AvgIpc) is 3.10. The molecule has 3 amide bonds. The number of benzene rings is 2. The summed E-state index contributed by atoms with van der Waals surface area (Å²) in [4.78, 5) is 24.0. The second kappa shape index (κ2) is 7.88. The van der Waals surface area contributed by atoms with Crippen LogP contribution in [0.3, 0.4) is 0 Å². The molecule has 0 aliphatic rings. The second-order valence-corrected chi connectivity index (χ2v) is 5.47. The van der Waals surface area contributed by atoms with Gasteiger partial charge in [0.15, 0.2) is 0 Å². The molecule has 0 atom stereocenters. The van der Waals surface area contributed by atoms with Crippen LogP contribution in [0.1, 0.15) is 5.56 Å². The van der Waals surface area contributed by atoms with Gasteiger partial charge in [0.25, 0.3) is 0 Å². The molecule has 0 aliphatic carbocycles. The van der Waals surface area contributed by atoms with E-state index in [-0.39, 0.29) is 12.5 Å². The molecule has 0 saturated carbocycles. The van der Waals surface area contributed by atoms with Gasteiger partial charge in [0, 0.05) is 17.8 Å². The van der Waals surface area contributed by atoms with Crippen LogP contribution in [0.25, 0.3) is 11.4 Å². The maximum absolute atomic E-state index is 12.0. The fourth-order valence-corrected chi connectivity index (χ4v) is 2.25. The third-order valence-electron chi connectivity index (χ3n) is 3.48. The summed E-state index contributed by atoms with van der Waals surface area (Å²) < 4.78 is 0. The SMILES string of the molecule is NC(=O)Nc1ccc(CNC(=O)Cn2nnc(-c3ccccc3)n2)cc1. The Labute approximate surface area is 149 Å². The summed E-state index contributed by atoms with van der Waals surface area (Å²) in [6.07, 6.45) is 0. The summed E-state index contributed by atoms with van der Waals surface area (Å²) in [5.41, 5.74) is 7.35. The molecule has 9 heteroatoms. The van der Waals surface area contributed by atoms with Crippen LogP contribution in [0.15, 0.2) is 54.6 Å². The summed E-state index contributed by atoms with van der Waals surface area (Å²) in [6.45, 7) is 0.317. The normalized spacial score (nSPS) is 10.3. The molecule has 0 bridgehead atoms. The fourth-order valence-electron chi connectivity index (χ4n) is 2.25. The van der Waals surface area contributed by atoms with Crippen LogP contribution >= 0.6 is 0 Å². The van der Waals surface area contributed by atoms with Gasteiger partial charge in [-0.05, 0) is 22.9 Å². The Bertz CT molecular complexity index is 891. The molecule has 3 aromatic rings. The molecule has 4 N–H and O–H groups in total. The van der Waals surface area contributed by atoms with Crippen LogP contribution < -0.4 is 16.4 Å². The van der Waals surface area contributed by atoms with Crippen LogP contribution in [0.5, 0.6) is 0 Å². The number of amides is 3. The average molecular weight is 351 g/mol. The fraction of sp³-hybridized carbons (Fsp3) is 0.118. The number of hydrogen-bond donors (Lipinski definition) is 3. The lowest BCUT2D eigenvalue weighted by molar-refractivity contribution is -0.122. The van der Waals surface area contributed by atoms with Crippen molar-refractivity contribution in [1.29, 1.82) is 0 Å². The Morgan fingerprint density at radius 2 is 1.77 bits per heavy atom. The Balaban J connectivity index is 1.51. The molecule has 26 heavy (non-hydrogen) atoms. The van der Waals surface area contributed by atoms with Crippen LogP contribution in [0.2, 0.25) is 0 Å². The molecule has 3 rings (SSSR count). The molecule has 0 unspecified atom stereocenters. The lowest BCUT2D eigenvalue weighted by atomic mass is 10.2. The molecule has 2 aromatic carbocycles. The van der Waals surface area contributed by atoms with Crippen molar-refractivity contribution in [1.82, 2.24) is 25.5 Å². The van der Waals surface area contributed by atoms with Crippen molar-refractivity contribution in [2.24, 2.45) is 5.73 Å². The lowest BCUT2D eigenvalue weighted by Gasteiger charge is -2.06. The Morgan fingerprint density at radius 3 is 2.46 bits per heavy atom. The van der Waals surface area contributed by atoms with Crippen molar-refractivity contribution >= 4 is 17.6 Å². The van der Waals surface area contributed by atoms with Gasteiger partial charge in [-0.15, -0.1) is 10.2 Å². The van der Waals surface area contributed by atoms with E-state index in [9.17, 15) is 9.59 Å². The smallest absolute Gasteiger partial charge is 0.316 e. The number of primary amides is 1. The molecular formula is C17H17N7O2. The first kappa shape index (κ1) is 17.1. The van der Waals surface area contributed by atoms with Crippen LogP contribution in [0, 0.1) is 0 Å². The number of nitrogens with zero attached hydrogens (tertiary/aromatic N) is 4. The number of rotatable bonds is 6. The first-order chi connectivity index (χ1) is 12.6. The number of anilines is 1. The number of nitrogens with one attached hydrogen (secondary N) is 2. The van der Waals surface area contributed by atoms with E-state index in [1.54, 1.807) is 24.3 Å². The van der Waals surface area contributed by atoms with Gasteiger partial charge in [-0.3, -0.25) is 4.79 Å². The van der Waals surface area contributed by atoms with Gasteiger partial charge in [-0.2, -0.15) is 4.80 Å². The molecule has 0 aliphatic heterocycles. The zero-order valence-electron chi connectivity index (χ0n) is 13.8. The summed E-state index contributed by atoms with van der Waals surface area (Å²) in [7, 11) is 0. The van der Waals surface area contributed by atoms with Crippen molar-refractivity contribution in [3.63, 3.8) is 0 Å². The van der Waals surface area contributed by atoms with E-state index in [0.717, 1.165) is 11.1 Å². The standard InChI is InChI=1S/C17H17N7O2/c18-17(26)20-14-8-6-12(7-9-14)10-19-15(25)11-24-22-16(21-23-24)13-4-2-1-3-5-13/h1-9H,10-11H2,(H,19,25)(H3,18,20,26). The first-order valence-electron chi connectivity index (χ1n) is 7.85. The Morgan fingerprint density at radius 1 is 1.04 bits per heavy atom. The van der Waals surface area contributed by atoms with Gasteiger partial charge >= 0.3 is 6.03 Å². The van der Waals surface area contributed by atoms with E-state index < -0.39 is 6.03 Å². The first-order valence-corrected chi connectivity index (χ1v) is 7.85. The highest BCUT2D eigenvalue weighted by Gasteiger charge is 2.09. The minimum absolute atomic E-state index is 0.0266. The van der Waals surface area contributed by atoms with Crippen molar-refractivity contribution in [3.8, 4) is 11.4 Å². The van der Waals surface area contributed by atoms with Crippen LogP contribution in [-0.2, 0) is 17.9 Å². The topological polar surface area (TPSA) is 128 Å². The molecule has 132 valence electrons. The summed E-state index contributed by atoms with van der Waals surface area (Å²) in [5, 5.41) is 17.3. The van der Waals surface area contributed by atoms with Crippen LogP contribution in [0.4, 0.5) is 10.5 Å². The van der Waals surface area contributed by atoms with Crippen molar-refractivity contribution in [3.05, 3.63) is 60.2 Å². The number of aromatic nitrogens is 4.